The number of hydrogen-bond acceptors (Lipinski definition) is 6. The van der Waals surface area contributed by atoms with Crippen LogP contribution in [-0.4, -0.2) is 26.4 Å². The molecule has 1 aliphatic rings. The molecule has 96 valence electrons. The molecule has 0 radical (unpaired) electrons. The van der Waals surface area contributed by atoms with Crippen molar-refractivity contribution in [1.29, 1.82) is 0 Å². The molecule has 2 heterocycles. The monoisotopic (exact) mass is 263 g/mol. The van der Waals surface area contributed by atoms with Crippen LogP contribution >= 0.6 is 11.5 Å². The van der Waals surface area contributed by atoms with Gasteiger partial charge in [-0.15, -0.1) is 0 Å². The molecule has 0 aromatic carbocycles. The van der Waals surface area contributed by atoms with E-state index >= 15 is 0 Å². The Morgan fingerprint density at radius 1 is 1.33 bits per heavy atom. The molecule has 0 unspecified atom stereocenters. The SMILES string of the molecule is Cc1nsc2ncnc(N[C@@H]3CCCC[C@H]3N)c12. The number of hydrogen-bond donors (Lipinski definition) is 2. The molecule has 6 heteroatoms. The molecule has 0 amide bonds. The van der Waals surface area contributed by atoms with Gasteiger partial charge in [0, 0.05) is 12.1 Å². The molecule has 1 aliphatic carbocycles. The van der Waals surface area contributed by atoms with E-state index in [0.29, 0.717) is 6.04 Å². The third kappa shape index (κ3) is 2.06. The summed E-state index contributed by atoms with van der Waals surface area (Å²) < 4.78 is 4.34. The van der Waals surface area contributed by atoms with Gasteiger partial charge in [0.2, 0.25) is 0 Å². The van der Waals surface area contributed by atoms with Gasteiger partial charge in [-0.1, -0.05) is 12.8 Å². The first-order valence-corrected chi connectivity index (χ1v) is 7.12. The van der Waals surface area contributed by atoms with Gasteiger partial charge in [-0.05, 0) is 31.3 Å². The summed E-state index contributed by atoms with van der Waals surface area (Å²) >= 11 is 1.42. The number of nitrogens with two attached hydrogens (primary N) is 1. The highest BCUT2D eigenvalue weighted by molar-refractivity contribution is 7.13. The predicted octanol–water partition coefficient (Wildman–Crippen LogP) is 2.08. The number of rotatable bonds is 2. The van der Waals surface area contributed by atoms with Crippen LogP contribution in [0, 0.1) is 6.92 Å². The van der Waals surface area contributed by atoms with Gasteiger partial charge in [0.1, 0.15) is 17.0 Å². The molecule has 0 bridgehead atoms. The minimum atomic E-state index is 0.218. The smallest absolute Gasteiger partial charge is 0.149 e. The Bertz CT molecular complexity index is 552. The molecule has 0 saturated heterocycles. The lowest BCUT2D eigenvalue weighted by Gasteiger charge is -2.29. The zero-order valence-corrected chi connectivity index (χ0v) is 11.2. The lowest BCUT2D eigenvalue weighted by Crippen LogP contribution is -2.42. The van der Waals surface area contributed by atoms with Gasteiger partial charge in [-0.2, -0.15) is 4.37 Å². The van der Waals surface area contributed by atoms with Crippen LogP contribution in [0.4, 0.5) is 5.82 Å². The van der Waals surface area contributed by atoms with E-state index in [1.807, 2.05) is 6.92 Å². The first kappa shape index (κ1) is 11.8. The number of anilines is 1. The Hall–Kier alpha value is -1.27. The van der Waals surface area contributed by atoms with Crippen LogP contribution in [0.5, 0.6) is 0 Å². The van der Waals surface area contributed by atoms with E-state index in [-0.39, 0.29) is 6.04 Å². The molecular formula is C12H17N5S. The number of fused-ring (bicyclic) bond motifs is 1. The molecule has 18 heavy (non-hydrogen) atoms. The van der Waals surface area contributed by atoms with Crippen molar-refractivity contribution < 1.29 is 0 Å². The first-order chi connectivity index (χ1) is 8.75. The highest BCUT2D eigenvalue weighted by Gasteiger charge is 2.23. The van der Waals surface area contributed by atoms with E-state index in [0.717, 1.165) is 34.6 Å². The molecule has 5 nitrogen and oxygen atoms in total. The Balaban J connectivity index is 1.92. The fourth-order valence-electron chi connectivity index (χ4n) is 2.55. The number of nitrogens with zero attached hydrogens (tertiary/aromatic N) is 3. The largest absolute Gasteiger partial charge is 0.365 e. The fraction of sp³-hybridized carbons (Fsp3) is 0.583. The molecule has 3 N–H and O–H groups in total. The van der Waals surface area contributed by atoms with Gasteiger partial charge < -0.3 is 11.1 Å². The van der Waals surface area contributed by atoms with Gasteiger partial charge in [-0.3, -0.25) is 0 Å². The molecule has 1 saturated carbocycles. The predicted molar refractivity (Wildman–Crippen MR) is 73.8 cm³/mol. The van der Waals surface area contributed by atoms with Crippen LogP contribution in [0.25, 0.3) is 10.2 Å². The molecule has 0 aliphatic heterocycles. The summed E-state index contributed by atoms with van der Waals surface area (Å²) in [6.07, 6.45) is 6.27. The van der Waals surface area contributed by atoms with E-state index < -0.39 is 0 Å². The summed E-state index contributed by atoms with van der Waals surface area (Å²) in [6.45, 7) is 1.99. The highest BCUT2D eigenvalue weighted by atomic mass is 32.1. The van der Waals surface area contributed by atoms with Gasteiger partial charge in [0.25, 0.3) is 0 Å². The molecule has 0 spiro atoms. The van der Waals surface area contributed by atoms with Crippen LogP contribution in [-0.2, 0) is 0 Å². The van der Waals surface area contributed by atoms with E-state index in [9.17, 15) is 0 Å². The minimum Gasteiger partial charge on any atom is -0.365 e. The Morgan fingerprint density at radius 2 is 2.17 bits per heavy atom. The summed E-state index contributed by atoms with van der Waals surface area (Å²) in [6, 6.07) is 0.534. The van der Waals surface area contributed by atoms with Crippen molar-refractivity contribution in [2.75, 3.05) is 5.32 Å². The van der Waals surface area contributed by atoms with Crippen LogP contribution < -0.4 is 11.1 Å². The third-order valence-corrected chi connectivity index (χ3v) is 4.43. The van der Waals surface area contributed by atoms with E-state index in [4.69, 9.17) is 5.73 Å². The Kier molecular flexibility index (Phi) is 3.13. The quantitative estimate of drug-likeness (QED) is 0.867. The molecule has 2 aromatic heterocycles. The van der Waals surface area contributed by atoms with E-state index in [2.05, 4.69) is 19.7 Å². The topological polar surface area (TPSA) is 76.7 Å². The summed E-state index contributed by atoms with van der Waals surface area (Å²) in [5.41, 5.74) is 7.15. The first-order valence-electron chi connectivity index (χ1n) is 6.35. The van der Waals surface area contributed by atoms with E-state index in [1.54, 1.807) is 6.33 Å². The van der Waals surface area contributed by atoms with Crippen molar-refractivity contribution in [3.63, 3.8) is 0 Å². The van der Waals surface area contributed by atoms with Crippen LogP contribution in [0.15, 0.2) is 6.33 Å². The number of aromatic nitrogens is 3. The minimum absolute atomic E-state index is 0.218. The van der Waals surface area contributed by atoms with Crippen molar-refractivity contribution in [3.05, 3.63) is 12.0 Å². The van der Waals surface area contributed by atoms with Crippen molar-refractivity contribution in [2.24, 2.45) is 5.73 Å². The number of aryl methyl sites for hydroxylation is 1. The fourth-order valence-corrected chi connectivity index (χ4v) is 3.29. The van der Waals surface area contributed by atoms with Gasteiger partial charge >= 0.3 is 0 Å². The third-order valence-electron chi connectivity index (χ3n) is 3.58. The molecule has 1 fully saturated rings. The van der Waals surface area contributed by atoms with Crippen LogP contribution in [0.3, 0.4) is 0 Å². The molecular weight excluding hydrogens is 246 g/mol. The number of nitrogens with one attached hydrogen (secondary N) is 1. The second-order valence-electron chi connectivity index (χ2n) is 4.87. The maximum absolute atomic E-state index is 6.17. The average molecular weight is 263 g/mol. The molecule has 2 atom stereocenters. The lowest BCUT2D eigenvalue weighted by atomic mass is 9.91. The van der Waals surface area contributed by atoms with Gasteiger partial charge in [0.15, 0.2) is 0 Å². The highest BCUT2D eigenvalue weighted by Crippen LogP contribution is 2.28. The van der Waals surface area contributed by atoms with Crippen molar-refractivity contribution >= 4 is 27.6 Å². The van der Waals surface area contributed by atoms with E-state index in [1.165, 1.54) is 24.4 Å². The maximum atomic E-state index is 6.17. The Labute approximate surface area is 110 Å². The summed E-state index contributed by atoms with van der Waals surface area (Å²) in [7, 11) is 0. The second kappa shape index (κ2) is 4.78. The zero-order valence-electron chi connectivity index (χ0n) is 10.4. The zero-order chi connectivity index (χ0) is 12.5. The lowest BCUT2D eigenvalue weighted by molar-refractivity contribution is 0.403. The van der Waals surface area contributed by atoms with Crippen molar-refractivity contribution in [1.82, 2.24) is 14.3 Å². The van der Waals surface area contributed by atoms with Gasteiger partial charge in [-0.25, -0.2) is 9.97 Å². The average Bonchev–Trinajstić information content (AvgIpc) is 2.75. The van der Waals surface area contributed by atoms with Gasteiger partial charge in [0.05, 0.1) is 11.1 Å². The maximum Gasteiger partial charge on any atom is 0.149 e. The summed E-state index contributed by atoms with van der Waals surface area (Å²) in [4.78, 5) is 9.55. The van der Waals surface area contributed by atoms with Crippen LogP contribution in [0.1, 0.15) is 31.4 Å². The van der Waals surface area contributed by atoms with Crippen molar-refractivity contribution in [3.8, 4) is 0 Å². The molecule has 3 rings (SSSR count). The standard InChI is InChI=1S/C12H17N5S/c1-7-10-11(14-6-15-12(10)18-17-7)16-9-5-3-2-4-8(9)13/h6,8-9H,2-5,13H2,1H3,(H,14,15,16)/t8-,9-/m1/s1. The summed E-state index contributed by atoms with van der Waals surface area (Å²) in [5, 5.41) is 4.53. The second-order valence-corrected chi connectivity index (χ2v) is 5.62. The molecule has 2 aromatic rings. The van der Waals surface area contributed by atoms with Crippen molar-refractivity contribution in [2.45, 2.75) is 44.7 Å². The van der Waals surface area contributed by atoms with Crippen LogP contribution in [0.2, 0.25) is 0 Å². The Morgan fingerprint density at radius 3 is 3.00 bits per heavy atom. The summed E-state index contributed by atoms with van der Waals surface area (Å²) in [5.74, 6) is 0.883. The normalized spacial score (nSPS) is 24.3.